The molecule has 0 aliphatic carbocycles. The number of nitrogens with zero attached hydrogens (tertiary/aromatic N) is 1. The van der Waals surface area contributed by atoms with Crippen molar-refractivity contribution in [3.63, 3.8) is 0 Å². The van der Waals surface area contributed by atoms with Crippen LogP contribution in [0.4, 0.5) is 0 Å². The Morgan fingerprint density at radius 3 is 2.22 bits per heavy atom. The predicted molar refractivity (Wildman–Crippen MR) is 80.2 cm³/mol. The molecule has 0 saturated heterocycles. The zero-order chi connectivity index (χ0) is 13.6. The first-order chi connectivity index (χ1) is 8.79. The second-order valence-electron chi connectivity index (χ2n) is 5.02. The van der Waals surface area contributed by atoms with E-state index in [4.69, 9.17) is 4.74 Å². The van der Waals surface area contributed by atoms with Gasteiger partial charge in [0.15, 0.2) is 0 Å². The number of methoxy groups -OCH3 is 1. The Labute approximate surface area is 114 Å². The lowest BCUT2D eigenvalue weighted by Crippen LogP contribution is -2.37. The van der Waals surface area contributed by atoms with E-state index in [2.05, 4.69) is 24.1 Å². The summed E-state index contributed by atoms with van der Waals surface area (Å²) < 4.78 is 5.22. The summed E-state index contributed by atoms with van der Waals surface area (Å²) in [6.07, 6.45) is 7.83. The first-order valence-corrected chi connectivity index (χ1v) is 7.67. The van der Waals surface area contributed by atoms with Gasteiger partial charge in [0.1, 0.15) is 0 Å². The Balaban J connectivity index is 3.78. The molecule has 110 valence electrons. The lowest BCUT2D eigenvalue weighted by atomic mass is 10.1. The third-order valence-electron chi connectivity index (χ3n) is 3.66. The molecular formula is C15H34N2O. The number of unbranched alkanes of at least 4 members (excludes halogenated alkanes) is 3. The molecule has 0 aromatic carbocycles. The molecule has 0 aliphatic rings. The molecule has 0 bridgehead atoms. The molecule has 0 heterocycles. The van der Waals surface area contributed by atoms with Crippen LogP contribution in [0.3, 0.4) is 0 Å². The summed E-state index contributed by atoms with van der Waals surface area (Å²) in [7, 11) is 3.82. The normalized spacial score (nSPS) is 11.7. The predicted octanol–water partition coefficient (Wildman–Crippen LogP) is 2.90. The van der Waals surface area contributed by atoms with Crippen LogP contribution < -0.4 is 5.32 Å². The van der Waals surface area contributed by atoms with Crippen molar-refractivity contribution in [3.8, 4) is 0 Å². The van der Waals surface area contributed by atoms with E-state index in [1.807, 2.05) is 7.05 Å². The fourth-order valence-electron chi connectivity index (χ4n) is 2.46. The highest BCUT2D eigenvalue weighted by Gasteiger charge is 2.13. The highest BCUT2D eigenvalue weighted by molar-refractivity contribution is 4.69. The number of rotatable bonds is 13. The van der Waals surface area contributed by atoms with Crippen molar-refractivity contribution in [1.82, 2.24) is 10.2 Å². The molecule has 0 fully saturated rings. The van der Waals surface area contributed by atoms with Crippen LogP contribution in [0, 0.1) is 0 Å². The van der Waals surface area contributed by atoms with Crippen molar-refractivity contribution in [2.45, 2.75) is 58.4 Å². The van der Waals surface area contributed by atoms with E-state index in [-0.39, 0.29) is 0 Å². The number of hydrogen-bond donors (Lipinski definition) is 1. The van der Waals surface area contributed by atoms with Gasteiger partial charge < -0.3 is 10.1 Å². The third-order valence-corrected chi connectivity index (χ3v) is 3.66. The summed E-state index contributed by atoms with van der Waals surface area (Å²) in [6.45, 7) is 8.91. The van der Waals surface area contributed by atoms with Crippen LogP contribution in [0.25, 0.3) is 0 Å². The van der Waals surface area contributed by atoms with Gasteiger partial charge in [0.05, 0.1) is 6.61 Å². The Morgan fingerprint density at radius 1 is 1.00 bits per heavy atom. The van der Waals surface area contributed by atoms with Gasteiger partial charge in [-0.25, -0.2) is 0 Å². The van der Waals surface area contributed by atoms with E-state index in [9.17, 15) is 0 Å². The SMILES string of the molecule is CCC(CC)N(CCCCCCNC)CCOC. The smallest absolute Gasteiger partial charge is 0.0589 e. The van der Waals surface area contributed by atoms with Gasteiger partial charge in [0.25, 0.3) is 0 Å². The van der Waals surface area contributed by atoms with Gasteiger partial charge in [0.2, 0.25) is 0 Å². The lowest BCUT2D eigenvalue weighted by molar-refractivity contribution is 0.113. The molecule has 3 heteroatoms. The van der Waals surface area contributed by atoms with Crippen LogP contribution in [0.1, 0.15) is 52.4 Å². The zero-order valence-electron chi connectivity index (χ0n) is 13.0. The van der Waals surface area contributed by atoms with Crippen LogP contribution in [0.2, 0.25) is 0 Å². The summed E-state index contributed by atoms with van der Waals surface area (Å²) in [5.74, 6) is 0. The summed E-state index contributed by atoms with van der Waals surface area (Å²) in [5, 5.41) is 3.20. The van der Waals surface area contributed by atoms with Gasteiger partial charge in [-0.15, -0.1) is 0 Å². The summed E-state index contributed by atoms with van der Waals surface area (Å²) >= 11 is 0. The van der Waals surface area contributed by atoms with Crippen molar-refractivity contribution in [2.24, 2.45) is 0 Å². The minimum Gasteiger partial charge on any atom is -0.383 e. The molecule has 3 nitrogen and oxygen atoms in total. The first kappa shape index (κ1) is 17.9. The monoisotopic (exact) mass is 258 g/mol. The van der Waals surface area contributed by atoms with E-state index in [0.29, 0.717) is 0 Å². The van der Waals surface area contributed by atoms with E-state index < -0.39 is 0 Å². The average molecular weight is 258 g/mol. The fraction of sp³-hybridized carbons (Fsp3) is 1.00. The van der Waals surface area contributed by atoms with Crippen LogP contribution in [0.15, 0.2) is 0 Å². The molecule has 0 spiro atoms. The van der Waals surface area contributed by atoms with Crippen LogP contribution >= 0.6 is 0 Å². The van der Waals surface area contributed by atoms with Crippen molar-refractivity contribution >= 4 is 0 Å². The molecule has 1 N–H and O–H groups in total. The summed E-state index contributed by atoms with van der Waals surface area (Å²) in [4.78, 5) is 2.61. The number of hydrogen-bond acceptors (Lipinski definition) is 3. The second-order valence-corrected chi connectivity index (χ2v) is 5.02. The van der Waals surface area contributed by atoms with Gasteiger partial charge >= 0.3 is 0 Å². The molecular weight excluding hydrogens is 224 g/mol. The molecule has 0 aromatic heterocycles. The highest BCUT2D eigenvalue weighted by atomic mass is 16.5. The van der Waals surface area contributed by atoms with Crippen molar-refractivity contribution in [2.75, 3.05) is 40.4 Å². The molecule has 0 saturated carbocycles. The van der Waals surface area contributed by atoms with Crippen molar-refractivity contribution < 1.29 is 4.74 Å². The van der Waals surface area contributed by atoms with Gasteiger partial charge in [0, 0.05) is 19.7 Å². The topological polar surface area (TPSA) is 24.5 Å². The molecule has 0 aromatic rings. The van der Waals surface area contributed by atoms with Gasteiger partial charge in [-0.05, 0) is 45.8 Å². The Hall–Kier alpha value is -0.120. The maximum Gasteiger partial charge on any atom is 0.0589 e. The highest BCUT2D eigenvalue weighted by Crippen LogP contribution is 2.10. The summed E-state index contributed by atoms with van der Waals surface area (Å²) in [5.41, 5.74) is 0. The third kappa shape index (κ3) is 8.90. The van der Waals surface area contributed by atoms with Crippen LogP contribution in [0.5, 0.6) is 0 Å². The minimum absolute atomic E-state index is 0.734. The van der Waals surface area contributed by atoms with E-state index in [1.54, 1.807) is 7.11 Å². The van der Waals surface area contributed by atoms with Crippen molar-refractivity contribution in [3.05, 3.63) is 0 Å². The maximum absolute atomic E-state index is 5.22. The van der Waals surface area contributed by atoms with Crippen LogP contribution in [-0.2, 0) is 4.74 Å². The summed E-state index contributed by atoms with van der Waals surface area (Å²) in [6, 6.07) is 0.734. The lowest BCUT2D eigenvalue weighted by Gasteiger charge is -2.30. The first-order valence-electron chi connectivity index (χ1n) is 7.67. The average Bonchev–Trinajstić information content (AvgIpc) is 2.40. The molecule has 0 atom stereocenters. The molecule has 0 unspecified atom stereocenters. The Bertz CT molecular complexity index is 161. The largest absolute Gasteiger partial charge is 0.383 e. The standard InChI is InChI=1S/C15H34N2O/c1-5-15(6-2)17(13-14-18-4)12-10-8-7-9-11-16-3/h15-16H,5-14H2,1-4H3. The van der Waals surface area contributed by atoms with E-state index in [1.165, 1.54) is 45.1 Å². The van der Waals surface area contributed by atoms with E-state index >= 15 is 0 Å². The Kier molecular flexibility index (Phi) is 13.2. The number of ether oxygens (including phenoxy) is 1. The molecule has 0 rings (SSSR count). The van der Waals surface area contributed by atoms with Gasteiger partial charge in [-0.2, -0.15) is 0 Å². The van der Waals surface area contributed by atoms with Gasteiger partial charge in [-0.3, -0.25) is 4.90 Å². The van der Waals surface area contributed by atoms with E-state index in [0.717, 1.165) is 25.7 Å². The van der Waals surface area contributed by atoms with Gasteiger partial charge in [-0.1, -0.05) is 26.7 Å². The molecule has 0 amide bonds. The number of nitrogens with one attached hydrogen (secondary N) is 1. The quantitative estimate of drug-likeness (QED) is 0.514. The Morgan fingerprint density at radius 2 is 1.67 bits per heavy atom. The molecule has 0 radical (unpaired) electrons. The minimum atomic E-state index is 0.734. The molecule has 18 heavy (non-hydrogen) atoms. The maximum atomic E-state index is 5.22. The zero-order valence-corrected chi connectivity index (χ0v) is 13.0. The fourth-order valence-corrected chi connectivity index (χ4v) is 2.46. The second kappa shape index (κ2) is 13.3. The van der Waals surface area contributed by atoms with Crippen LogP contribution in [-0.4, -0.2) is 51.3 Å². The van der Waals surface area contributed by atoms with Crippen molar-refractivity contribution in [1.29, 1.82) is 0 Å². The molecule has 0 aliphatic heterocycles.